The van der Waals surface area contributed by atoms with Gasteiger partial charge in [-0.2, -0.15) is 5.26 Å². The lowest BCUT2D eigenvalue weighted by Crippen LogP contribution is -2.43. The van der Waals surface area contributed by atoms with Gasteiger partial charge in [-0.05, 0) is 48.4 Å². The fourth-order valence-corrected chi connectivity index (χ4v) is 4.08. The lowest BCUT2D eigenvalue weighted by molar-refractivity contribution is -0.130. The molecule has 2 heterocycles. The lowest BCUT2D eigenvalue weighted by atomic mass is 10.0. The molecule has 1 saturated heterocycles. The third kappa shape index (κ3) is 4.62. The molecule has 3 aromatic rings. The second kappa shape index (κ2) is 8.87. The molecule has 168 valence electrons. The van der Waals surface area contributed by atoms with E-state index in [9.17, 15) is 19.2 Å². The number of carbonyl (C=O) groups excluding carboxylic acids is 2. The zero-order chi connectivity index (χ0) is 23.6. The Morgan fingerprint density at radius 3 is 2.67 bits per heavy atom. The van der Waals surface area contributed by atoms with Crippen molar-refractivity contribution in [2.24, 2.45) is 0 Å². The Labute approximate surface area is 190 Å². The topological polar surface area (TPSA) is 95.3 Å². The first kappa shape index (κ1) is 22.2. The monoisotopic (exact) mass is 446 g/mol. The number of hydrogen-bond donors (Lipinski definition) is 1. The number of aromatic nitrogens is 1. The van der Waals surface area contributed by atoms with Crippen LogP contribution < -0.4 is 10.1 Å². The number of nitrogens with zero attached hydrogens (tertiary/aromatic N) is 3. The number of halogens is 1. The second-order valence-corrected chi connectivity index (χ2v) is 8.29. The number of nitriles is 1. The van der Waals surface area contributed by atoms with Gasteiger partial charge in [0.2, 0.25) is 5.91 Å². The highest BCUT2D eigenvalue weighted by Gasteiger charge is 2.43. The van der Waals surface area contributed by atoms with E-state index in [1.165, 1.54) is 18.0 Å². The first-order valence-electron chi connectivity index (χ1n) is 10.5. The summed E-state index contributed by atoms with van der Waals surface area (Å²) in [5, 5.41) is 12.5. The molecule has 0 radical (unpaired) electrons. The van der Waals surface area contributed by atoms with Gasteiger partial charge in [0.25, 0.3) is 5.91 Å². The fourth-order valence-electron chi connectivity index (χ4n) is 4.08. The molecule has 2 amide bonds. The van der Waals surface area contributed by atoms with Crippen molar-refractivity contribution < 1.29 is 18.7 Å². The summed E-state index contributed by atoms with van der Waals surface area (Å²) in [5.74, 6) is -0.192. The molecule has 33 heavy (non-hydrogen) atoms. The van der Waals surface area contributed by atoms with E-state index in [1.807, 2.05) is 48.5 Å². The van der Waals surface area contributed by atoms with Gasteiger partial charge in [0.1, 0.15) is 17.5 Å². The molecule has 0 saturated carbocycles. The molecule has 0 bridgehead atoms. The van der Waals surface area contributed by atoms with Gasteiger partial charge >= 0.3 is 0 Å². The summed E-state index contributed by atoms with van der Waals surface area (Å²) in [4.78, 5) is 31.0. The van der Waals surface area contributed by atoms with Crippen LogP contribution in [0.1, 0.15) is 23.7 Å². The number of benzene rings is 2. The maximum atomic E-state index is 14.3. The molecule has 1 aromatic heterocycles. The zero-order valence-electron chi connectivity index (χ0n) is 18.3. The predicted molar refractivity (Wildman–Crippen MR) is 121 cm³/mol. The maximum Gasteiger partial charge on any atom is 0.252 e. The number of amides is 2. The highest BCUT2D eigenvalue weighted by atomic mass is 19.1. The van der Waals surface area contributed by atoms with Crippen LogP contribution in [-0.4, -0.2) is 53.6 Å². The van der Waals surface area contributed by atoms with Crippen LogP contribution in [0.4, 0.5) is 4.39 Å². The van der Waals surface area contributed by atoms with E-state index in [-0.39, 0.29) is 19.5 Å². The molecule has 4 rings (SSSR count). The van der Waals surface area contributed by atoms with E-state index in [1.54, 1.807) is 13.2 Å². The number of ether oxygens (including phenoxy) is 1. The van der Waals surface area contributed by atoms with Gasteiger partial charge in [0.15, 0.2) is 0 Å². The summed E-state index contributed by atoms with van der Waals surface area (Å²) >= 11 is 0. The van der Waals surface area contributed by atoms with Gasteiger partial charge in [-0.25, -0.2) is 4.39 Å². The van der Waals surface area contributed by atoms with Crippen molar-refractivity contribution >= 4 is 22.7 Å². The molecular weight excluding hydrogens is 423 g/mol. The number of rotatable bonds is 5. The molecule has 2 aromatic carbocycles. The van der Waals surface area contributed by atoms with Crippen LogP contribution in [0.25, 0.3) is 22.0 Å². The van der Waals surface area contributed by atoms with Crippen molar-refractivity contribution in [1.29, 1.82) is 5.26 Å². The molecule has 7 nitrogen and oxygen atoms in total. The van der Waals surface area contributed by atoms with Crippen LogP contribution in [0.15, 0.2) is 54.7 Å². The molecule has 1 fully saturated rings. The Morgan fingerprint density at radius 1 is 1.24 bits per heavy atom. The Hall–Kier alpha value is -3.99. The number of hydrogen-bond acceptors (Lipinski definition) is 5. The SMILES string of the molecule is COc1ccc(-c2ccc3nccc(C(=O)NCC(=O)N4CC(C)(F)C[C@H]4C#N)c3c2)cc1. The van der Waals surface area contributed by atoms with Gasteiger partial charge in [0, 0.05) is 18.0 Å². The van der Waals surface area contributed by atoms with Crippen molar-refractivity contribution in [2.45, 2.75) is 25.1 Å². The third-order valence-corrected chi connectivity index (χ3v) is 5.77. The Bertz CT molecular complexity index is 1250. The Morgan fingerprint density at radius 2 is 1.97 bits per heavy atom. The van der Waals surface area contributed by atoms with E-state index in [4.69, 9.17) is 4.74 Å². The van der Waals surface area contributed by atoms with Gasteiger partial charge in [-0.1, -0.05) is 18.2 Å². The van der Waals surface area contributed by atoms with Gasteiger partial charge in [-0.3, -0.25) is 14.6 Å². The standard InChI is InChI=1S/C25H23FN4O3/c1-25(26)12-18(13-27)30(15-25)23(31)14-29-24(32)20-9-10-28-22-8-5-17(11-21(20)22)16-3-6-19(33-2)7-4-16/h3-11,18H,12,14-15H2,1-2H3,(H,29,32)/t18-,25?/m0/s1. The van der Waals surface area contributed by atoms with E-state index in [0.29, 0.717) is 16.5 Å². The first-order valence-corrected chi connectivity index (χ1v) is 10.5. The molecule has 1 unspecified atom stereocenters. The Kier molecular flexibility index (Phi) is 5.97. The minimum absolute atomic E-state index is 0.0354. The minimum atomic E-state index is -1.61. The van der Waals surface area contributed by atoms with Crippen molar-refractivity contribution in [1.82, 2.24) is 15.2 Å². The summed E-state index contributed by atoms with van der Waals surface area (Å²) in [7, 11) is 1.60. The molecule has 0 spiro atoms. The molecule has 1 N–H and O–H groups in total. The molecule has 8 heteroatoms. The summed E-state index contributed by atoms with van der Waals surface area (Å²) in [6.45, 7) is 0.880. The summed E-state index contributed by atoms with van der Waals surface area (Å²) < 4.78 is 19.5. The van der Waals surface area contributed by atoms with Crippen molar-refractivity contribution in [3.63, 3.8) is 0 Å². The van der Waals surface area contributed by atoms with Crippen molar-refractivity contribution in [2.75, 3.05) is 20.2 Å². The molecule has 2 atom stereocenters. The van der Waals surface area contributed by atoms with E-state index in [0.717, 1.165) is 16.9 Å². The lowest BCUT2D eigenvalue weighted by Gasteiger charge is -2.20. The second-order valence-electron chi connectivity index (χ2n) is 8.29. The summed E-state index contributed by atoms with van der Waals surface area (Å²) in [6.07, 6.45) is 1.50. The van der Waals surface area contributed by atoms with Crippen LogP contribution in [0.2, 0.25) is 0 Å². The zero-order valence-corrected chi connectivity index (χ0v) is 18.3. The summed E-state index contributed by atoms with van der Waals surface area (Å²) in [6, 6.07) is 15.9. The van der Waals surface area contributed by atoms with E-state index >= 15 is 0 Å². The number of nitrogens with one attached hydrogen (secondary N) is 1. The average molecular weight is 446 g/mol. The van der Waals surface area contributed by atoms with Crippen LogP contribution in [-0.2, 0) is 4.79 Å². The Balaban J connectivity index is 1.54. The quantitative estimate of drug-likeness (QED) is 0.647. The van der Waals surface area contributed by atoms with Crippen molar-refractivity contribution in [3.05, 3.63) is 60.3 Å². The number of pyridine rings is 1. The molecule has 1 aliphatic rings. The third-order valence-electron chi connectivity index (χ3n) is 5.77. The van der Waals surface area contributed by atoms with Crippen molar-refractivity contribution in [3.8, 4) is 22.9 Å². The largest absolute Gasteiger partial charge is 0.497 e. The van der Waals surface area contributed by atoms with Gasteiger partial charge < -0.3 is 15.0 Å². The maximum absolute atomic E-state index is 14.3. The van der Waals surface area contributed by atoms with Crippen LogP contribution >= 0.6 is 0 Å². The smallest absolute Gasteiger partial charge is 0.252 e. The average Bonchev–Trinajstić information content (AvgIpc) is 3.16. The van der Waals surface area contributed by atoms with Gasteiger partial charge in [-0.15, -0.1) is 0 Å². The first-order chi connectivity index (χ1) is 15.8. The molecule has 0 aliphatic carbocycles. The highest BCUT2D eigenvalue weighted by Crippen LogP contribution is 2.30. The number of alkyl halides is 1. The number of fused-ring (bicyclic) bond motifs is 1. The van der Waals surface area contributed by atoms with E-state index in [2.05, 4.69) is 10.3 Å². The number of carbonyl (C=O) groups is 2. The summed E-state index contributed by atoms with van der Waals surface area (Å²) in [5.41, 5.74) is 1.26. The van der Waals surface area contributed by atoms with E-state index < -0.39 is 23.5 Å². The predicted octanol–water partition coefficient (Wildman–Crippen LogP) is 3.49. The van der Waals surface area contributed by atoms with Crippen LogP contribution in [0, 0.1) is 11.3 Å². The minimum Gasteiger partial charge on any atom is -0.497 e. The van der Waals surface area contributed by atoms with Gasteiger partial charge in [0.05, 0.1) is 37.3 Å². The van der Waals surface area contributed by atoms with Crippen LogP contribution in [0.5, 0.6) is 5.75 Å². The molecule has 1 aliphatic heterocycles. The number of likely N-dealkylation sites (tertiary alicyclic amines) is 1. The van der Waals surface area contributed by atoms with Crippen LogP contribution in [0.3, 0.4) is 0 Å². The molecular formula is C25H23FN4O3. The highest BCUT2D eigenvalue weighted by molar-refractivity contribution is 6.07. The number of methoxy groups -OCH3 is 1. The normalized spacial score (nSPS) is 19.8. The fraction of sp³-hybridized carbons (Fsp3) is 0.280.